The number of hydrogen-bond acceptors (Lipinski definition) is 1. The van der Waals surface area contributed by atoms with Crippen molar-refractivity contribution in [3.63, 3.8) is 0 Å². The third-order valence-corrected chi connectivity index (χ3v) is 2.33. The van der Waals surface area contributed by atoms with E-state index in [2.05, 4.69) is 42.4 Å². The van der Waals surface area contributed by atoms with Crippen LogP contribution in [-0.4, -0.2) is 11.1 Å². The zero-order valence-corrected chi connectivity index (χ0v) is 11.7. The summed E-state index contributed by atoms with van der Waals surface area (Å²) in [6.07, 6.45) is 7.22. The van der Waals surface area contributed by atoms with E-state index >= 15 is 0 Å². The Morgan fingerprint density at radius 3 is 1.89 bits per heavy atom. The molecule has 0 aliphatic carbocycles. The first kappa shape index (κ1) is 17.2. The van der Waals surface area contributed by atoms with E-state index in [4.69, 9.17) is 5.11 Å². The van der Waals surface area contributed by atoms with Crippen molar-refractivity contribution >= 4 is 5.97 Å². The van der Waals surface area contributed by atoms with Gasteiger partial charge in [-0.1, -0.05) is 43.4 Å². The highest BCUT2D eigenvalue weighted by Gasteiger charge is 1.92. The van der Waals surface area contributed by atoms with E-state index in [9.17, 15) is 4.79 Å². The van der Waals surface area contributed by atoms with Gasteiger partial charge in [-0.25, -0.2) is 0 Å². The van der Waals surface area contributed by atoms with E-state index in [1.54, 1.807) is 0 Å². The minimum Gasteiger partial charge on any atom is -0.481 e. The van der Waals surface area contributed by atoms with E-state index < -0.39 is 5.97 Å². The maximum Gasteiger partial charge on any atom is 0.303 e. The number of carboxylic acid groups (broad SMARTS) is 1. The SMILES string of the molecule is CCCCCC#CCC#CCC#CCCCC(=O)O. The van der Waals surface area contributed by atoms with Gasteiger partial charge in [0.1, 0.15) is 0 Å². The van der Waals surface area contributed by atoms with Crippen molar-refractivity contribution < 1.29 is 9.90 Å². The van der Waals surface area contributed by atoms with Crippen molar-refractivity contribution in [1.29, 1.82) is 0 Å². The van der Waals surface area contributed by atoms with Crippen LogP contribution in [-0.2, 0) is 4.79 Å². The van der Waals surface area contributed by atoms with Crippen molar-refractivity contribution in [3.05, 3.63) is 0 Å². The van der Waals surface area contributed by atoms with Gasteiger partial charge in [0.15, 0.2) is 0 Å². The fourth-order valence-corrected chi connectivity index (χ4v) is 1.31. The molecule has 19 heavy (non-hydrogen) atoms. The summed E-state index contributed by atoms with van der Waals surface area (Å²) >= 11 is 0. The van der Waals surface area contributed by atoms with Gasteiger partial charge in [0.05, 0.1) is 12.8 Å². The lowest BCUT2D eigenvalue weighted by Crippen LogP contribution is -1.92. The number of rotatable bonds is 6. The minimum atomic E-state index is -0.765. The standard InChI is InChI=1S/C17H22O2/c1-2-3-4-5-6-7-8-9-10-11-12-13-14-15-16-17(18)19/h2-5,8,11,14-16H2,1H3,(H,18,19). The van der Waals surface area contributed by atoms with Gasteiger partial charge in [-0.05, 0) is 12.8 Å². The highest BCUT2D eigenvalue weighted by Crippen LogP contribution is 1.96. The first-order chi connectivity index (χ1) is 9.27. The smallest absolute Gasteiger partial charge is 0.303 e. The van der Waals surface area contributed by atoms with Gasteiger partial charge >= 0.3 is 5.97 Å². The summed E-state index contributed by atoms with van der Waals surface area (Å²) in [5, 5.41) is 8.42. The Hall–Kier alpha value is -1.85. The number of carboxylic acids is 1. The lowest BCUT2D eigenvalue weighted by Gasteiger charge is -1.87. The van der Waals surface area contributed by atoms with Crippen molar-refractivity contribution in [2.45, 2.75) is 64.7 Å². The van der Waals surface area contributed by atoms with Crippen molar-refractivity contribution in [2.24, 2.45) is 0 Å². The van der Waals surface area contributed by atoms with Gasteiger partial charge < -0.3 is 5.11 Å². The van der Waals surface area contributed by atoms with E-state index in [0.29, 0.717) is 25.7 Å². The predicted molar refractivity (Wildman–Crippen MR) is 78.2 cm³/mol. The van der Waals surface area contributed by atoms with Crippen LogP contribution in [0.2, 0.25) is 0 Å². The lowest BCUT2D eigenvalue weighted by atomic mass is 10.2. The number of hydrogen-bond donors (Lipinski definition) is 1. The molecular formula is C17H22O2. The van der Waals surface area contributed by atoms with Crippen molar-refractivity contribution in [1.82, 2.24) is 0 Å². The van der Waals surface area contributed by atoms with Crippen LogP contribution in [0.4, 0.5) is 0 Å². The molecule has 2 nitrogen and oxygen atoms in total. The van der Waals surface area contributed by atoms with Crippen LogP contribution >= 0.6 is 0 Å². The van der Waals surface area contributed by atoms with Crippen LogP contribution in [0, 0.1) is 35.5 Å². The van der Waals surface area contributed by atoms with E-state index in [1.165, 1.54) is 19.3 Å². The monoisotopic (exact) mass is 258 g/mol. The Kier molecular flexibility index (Phi) is 12.8. The van der Waals surface area contributed by atoms with Gasteiger partial charge in [-0.15, -0.1) is 11.8 Å². The molecule has 0 amide bonds. The van der Waals surface area contributed by atoms with Gasteiger partial charge in [-0.3, -0.25) is 4.79 Å². The Bertz CT molecular complexity index is 415. The number of aliphatic carboxylic acids is 1. The van der Waals surface area contributed by atoms with E-state index in [1.807, 2.05) is 0 Å². The maximum absolute atomic E-state index is 10.2. The second-order valence-corrected chi connectivity index (χ2v) is 4.12. The summed E-state index contributed by atoms with van der Waals surface area (Å²) in [7, 11) is 0. The molecule has 0 aliphatic rings. The van der Waals surface area contributed by atoms with Crippen LogP contribution in [0.5, 0.6) is 0 Å². The average Bonchev–Trinajstić information content (AvgIpc) is 2.39. The largest absolute Gasteiger partial charge is 0.481 e. The number of carbonyl (C=O) groups is 1. The molecule has 102 valence electrons. The summed E-state index contributed by atoms with van der Waals surface area (Å²) in [6, 6.07) is 0. The second-order valence-electron chi connectivity index (χ2n) is 4.12. The Morgan fingerprint density at radius 1 is 0.842 bits per heavy atom. The second kappa shape index (κ2) is 14.2. The molecule has 0 aliphatic heterocycles. The molecule has 0 fully saturated rings. The molecule has 2 heteroatoms. The topological polar surface area (TPSA) is 37.3 Å². The molecule has 0 bridgehead atoms. The van der Waals surface area contributed by atoms with Crippen LogP contribution < -0.4 is 0 Å². The summed E-state index contributed by atoms with van der Waals surface area (Å²) in [5.41, 5.74) is 0. The van der Waals surface area contributed by atoms with Crippen LogP contribution in [0.25, 0.3) is 0 Å². The fraction of sp³-hybridized carbons (Fsp3) is 0.588. The quantitative estimate of drug-likeness (QED) is 0.583. The molecule has 0 aromatic rings. The molecule has 1 N–H and O–H groups in total. The molecule has 0 unspecified atom stereocenters. The molecule has 0 saturated heterocycles. The molecule has 0 aromatic carbocycles. The Balaban J connectivity index is 3.49. The molecule has 0 aromatic heterocycles. The molecule has 0 atom stereocenters. The van der Waals surface area contributed by atoms with Crippen molar-refractivity contribution in [3.8, 4) is 35.5 Å². The van der Waals surface area contributed by atoms with Crippen molar-refractivity contribution in [2.75, 3.05) is 0 Å². The Labute approximate surface area is 117 Å². The molecule has 0 saturated carbocycles. The molecular weight excluding hydrogens is 236 g/mol. The fourth-order valence-electron chi connectivity index (χ4n) is 1.31. The van der Waals surface area contributed by atoms with Gasteiger partial charge in [0.2, 0.25) is 0 Å². The first-order valence-electron chi connectivity index (χ1n) is 6.86. The van der Waals surface area contributed by atoms with Gasteiger partial charge in [0.25, 0.3) is 0 Å². The molecule has 0 rings (SSSR count). The van der Waals surface area contributed by atoms with Gasteiger partial charge in [-0.2, -0.15) is 0 Å². The predicted octanol–water partition coefficient (Wildman–Crippen LogP) is 3.61. The summed E-state index contributed by atoms with van der Waals surface area (Å²) in [6.45, 7) is 2.18. The average molecular weight is 258 g/mol. The molecule has 0 radical (unpaired) electrons. The molecule has 0 spiro atoms. The van der Waals surface area contributed by atoms with Crippen LogP contribution in [0.15, 0.2) is 0 Å². The zero-order valence-electron chi connectivity index (χ0n) is 11.7. The third-order valence-electron chi connectivity index (χ3n) is 2.33. The third kappa shape index (κ3) is 16.1. The summed E-state index contributed by atoms with van der Waals surface area (Å²) in [4.78, 5) is 10.2. The van der Waals surface area contributed by atoms with E-state index in [0.717, 1.165) is 6.42 Å². The number of unbranched alkanes of at least 4 members (excludes halogenated alkanes) is 4. The summed E-state index contributed by atoms with van der Waals surface area (Å²) < 4.78 is 0. The maximum atomic E-state index is 10.2. The van der Waals surface area contributed by atoms with E-state index in [-0.39, 0.29) is 6.42 Å². The molecule has 0 heterocycles. The minimum absolute atomic E-state index is 0.188. The van der Waals surface area contributed by atoms with Crippen LogP contribution in [0.1, 0.15) is 64.7 Å². The van der Waals surface area contributed by atoms with Gasteiger partial charge in [0, 0.05) is 19.3 Å². The Morgan fingerprint density at radius 2 is 1.37 bits per heavy atom. The summed E-state index contributed by atoms with van der Waals surface area (Å²) in [5.74, 6) is 17.1. The zero-order chi connectivity index (χ0) is 14.2. The first-order valence-corrected chi connectivity index (χ1v) is 6.86. The highest BCUT2D eigenvalue weighted by molar-refractivity contribution is 5.66. The van der Waals surface area contributed by atoms with Crippen LogP contribution in [0.3, 0.4) is 0 Å². The normalized spacial score (nSPS) is 8.26. The highest BCUT2D eigenvalue weighted by atomic mass is 16.4. The lowest BCUT2D eigenvalue weighted by molar-refractivity contribution is -0.137.